The normalized spacial score (nSPS) is 26.4. The van der Waals surface area contributed by atoms with Crippen LogP contribution >= 0.6 is 7.82 Å². The first kappa shape index (κ1) is 31.2. The number of aromatic nitrogens is 7. The third-order valence-corrected chi connectivity index (χ3v) is 8.67. The Balaban J connectivity index is 1.13. The van der Waals surface area contributed by atoms with Crippen molar-refractivity contribution in [1.82, 2.24) is 34.1 Å². The number of hydrogen-bond acceptors (Lipinski definition) is 13. The minimum atomic E-state index is -4.64. The average molecular weight is 645 g/mol. The van der Waals surface area contributed by atoms with Gasteiger partial charge in [-0.25, -0.2) is 24.3 Å². The lowest BCUT2D eigenvalue weighted by molar-refractivity contribution is -0.0685. The third kappa shape index (κ3) is 6.89. The second-order valence-corrected chi connectivity index (χ2v) is 12.2. The van der Waals surface area contributed by atoms with Gasteiger partial charge in [0.1, 0.15) is 30.7 Å². The Morgan fingerprint density at radius 3 is 2.51 bits per heavy atom. The first-order chi connectivity index (χ1) is 21.6. The second kappa shape index (κ2) is 12.9. The van der Waals surface area contributed by atoms with Gasteiger partial charge in [0.15, 0.2) is 11.2 Å². The molecule has 3 unspecified atom stereocenters. The number of aryl methyl sites for hydroxylation is 1. The summed E-state index contributed by atoms with van der Waals surface area (Å²) >= 11 is 0. The smallest absolute Gasteiger partial charge is 0.371 e. The summed E-state index contributed by atoms with van der Waals surface area (Å²) in [7, 11) is -4.64. The molecule has 2 fully saturated rings. The number of imidazole rings is 1. The van der Waals surface area contributed by atoms with Crippen LogP contribution in [-0.4, -0.2) is 70.0 Å². The molecule has 240 valence electrons. The zero-order valence-corrected chi connectivity index (χ0v) is 25.4. The van der Waals surface area contributed by atoms with E-state index in [1.807, 2.05) is 37.3 Å². The van der Waals surface area contributed by atoms with E-state index < -0.39 is 50.4 Å². The highest BCUT2D eigenvalue weighted by Gasteiger charge is 2.43. The maximum atomic E-state index is 13.2. The number of nitrogens with zero attached hydrogens (tertiary/aromatic N) is 6. The van der Waals surface area contributed by atoms with Crippen LogP contribution in [0.5, 0.6) is 0 Å². The Hall–Kier alpha value is -3.83. The average Bonchev–Trinajstić information content (AvgIpc) is 3.72. The molecule has 6 rings (SSSR count). The van der Waals surface area contributed by atoms with Crippen molar-refractivity contribution in [2.45, 2.75) is 76.6 Å². The van der Waals surface area contributed by atoms with Gasteiger partial charge >= 0.3 is 13.5 Å². The van der Waals surface area contributed by atoms with E-state index in [0.717, 1.165) is 5.56 Å². The number of nitrogen functional groups attached to an aromatic ring is 1. The molecular weight excluding hydrogens is 611 g/mol. The molecule has 5 heterocycles. The Morgan fingerprint density at radius 1 is 1.04 bits per heavy atom. The number of phosphoric acid groups is 1. The zero-order chi connectivity index (χ0) is 31.7. The molecule has 0 saturated carbocycles. The Kier molecular flexibility index (Phi) is 8.92. The number of nitrogens with one attached hydrogen (secondary N) is 1. The van der Waals surface area contributed by atoms with Crippen LogP contribution in [0.15, 0.2) is 52.6 Å². The number of nitrogens with two attached hydrogens (primary N) is 1. The monoisotopic (exact) mass is 644 g/mol. The van der Waals surface area contributed by atoms with Crippen molar-refractivity contribution in [3.05, 3.63) is 75.2 Å². The van der Waals surface area contributed by atoms with E-state index >= 15 is 0 Å². The van der Waals surface area contributed by atoms with Gasteiger partial charge in [0.2, 0.25) is 5.95 Å². The maximum absolute atomic E-state index is 13.2. The molecule has 18 heteroatoms. The molecule has 3 aromatic heterocycles. The van der Waals surface area contributed by atoms with Gasteiger partial charge in [0.05, 0.1) is 37.9 Å². The van der Waals surface area contributed by atoms with Gasteiger partial charge in [-0.2, -0.15) is 4.98 Å². The molecule has 2 aliphatic heterocycles. The van der Waals surface area contributed by atoms with Gasteiger partial charge in [-0.05, 0) is 18.9 Å². The molecule has 4 aromatic rings. The van der Waals surface area contributed by atoms with Gasteiger partial charge in [-0.3, -0.25) is 23.0 Å². The third-order valence-electron chi connectivity index (χ3n) is 7.66. The van der Waals surface area contributed by atoms with Crippen molar-refractivity contribution in [3.63, 3.8) is 0 Å². The van der Waals surface area contributed by atoms with Crippen LogP contribution in [0.2, 0.25) is 0 Å². The van der Waals surface area contributed by atoms with Gasteiger partial charge in [0.25, 0.3) is 5.56 Å². The molecule has 2 saturated heterocycles. The van der Waals surface area contributed by atoms with E-state index in [1.54, 1.807) is 11.5 Å². The SMILES string of the molecule is CC[C@H]1O[C@@H](n2cnc3c(=O)[nH]c(C)nc32)CC1OP(=O)(O)OC[C@H]1O[C@@H](n2cnc(N)nc2=O)CC1OCc1ccccc1. The van der Waals surface area contributed by atoms with Crippen LogP contribution in [0.1, 0.15) is 50.0 Å². The van der Waals surface area contributed by atoms with Gasteiger partial charge in [-0.1, -0.05) is 37.3 Å². The predicted molar refractivity (Wildman–Crippen MR) is 157 cm³/mol. The molecule has 0 spiro atoms. The molecule has 2 aliphatic rings. The standard InChI is InChI=1S/C27H33N8O9P/c1-3-17-19(10-21(42-17)34-13-29-23-24(34)31-15(2)32-25(23)36)44-45(38,39)41-12-20-18(40-11-16-7-5-4-6-8-16)9-22(43-20)35-14-30-26(28)33-27(35)37/h4-8,13-14,17-22H,3,9-12H2,1-2H3,(H,38,39)(H2,28,33,37)(H,31,32,36)/t17-,18?,19?,20-,21-,22-/m1/s1. The largest absolute Gasteiger partial charge is 0.472 e. The summed E-state index contributed by atoms with van der Waals surface area (Å²) in [6.07, 6.45) is -0.748. The summed E-state index contributed by atoms with van der Waals surface area (Å²) < 4.78 is 45.3. The highest BCUT2D eigenvalue weighted by Crippen LogP contribution is 2.49. The van der Waals surface area contributed by atoms with Crippen molar-refractivity contribution in [3.8, 4) is 0 Å². The van der Waals surface area contributed by atoms with Gasteiger partial charge < -0.3 is 29.8 Å². The van der Waals surface area contributed by atoms with E-state index in [0.29, 0.717) is 17.9 Å². The predicted octanol–water partition coefficient (Wildman–Crippen LogP) is 1.73. The fourth-order valence-electron chi connectivity index (χ4n) is 5.49. The highest BCUT2D eigenvalue weighted by molar-refractivity contribution is 7.47. The fraction of sp³-hybridized carbons (Fsp3) is 0.481. The van der Waals surface area contributed by atoms with Crippen LogP contribution in [0.4, 0.5) is 5.95 Å². The number of phosphoric ester groups is 1. The summed E-state index contributed by atoms with van der Waals surface area (Å²) in [6, 6.07) is 9.44. The second-order valence-electron chi connectivity index (χ2n) is 10.8. The maximum Gasteiger partial charge on any atom is 0.472 e. The van der Waals surface area contributed by atoms with Crippen molar-refractivity contribution in [2.75, 3.05) is 12.3 Å². The van der Waals surface area contributed by atoms with Crippen LogP contribution in [0.25, 0.3) is 11.2 Å². The van der Waals surface area contributed by atoms with Crippen molar-refractivity contribution >= 4 is 24.9 Å². The molecule has 17 nitrogen and oxygen atoms in total. The van der Waals surface area contributed by atoms with Gasteiger partial charge in [0, 0.05) is 12.8 Å². The fourth-order valence-corrected chi connectivity index (χ4v) is 6.45. The Morgan fingerprint density at radius 2 is 1.76 bits per heavy atom. The first-order valence-corrected chi connectivity index (χ1v) is 15.9. The summed E-state index contributed by atoms with van der Waals surface area (Å²) in [4.78, 5) is 54.1. The van der Waals surface area contributed by atoms with E-state index in [-0.39, 0.29) is 43.1 Å². The Bertz CT molecular complexity index is 1820. The summed E-state index contributed by atoms with van der Waals surface area (Å²) in [5.41, 5.74) is 5.89. The number of hydrogen-bond donors (Lipinski definition) is 3. The zero-order valence-electron chi connectivity index (χ0n) is 24.5. The lowest BCUT2D eigenvalue weighted by atomic mass is 10.1. The van der Waals surface area contributed by atoms with E-state index in [2.05, 4.69) is 24.9 Å². The molecule has 0 radical (unpaired) electrons. The summed E-state index contributed by atoms with van der Waals surface area (Å²) in [6.45, 7) is 3.37. The van der Waals surface area contributed by atoms with Crippen molar-refractivity contribution < 1.29 is 32.7 Å². The minimum Gasteiger partial charge on any atom is -0.371 e. The lowest BCUT2D eigenvalue weighted by Crippen LogP contribution is -2.30. The van der Waals surface area contributed by atoms with Crippen LogP contribution < -0.4 is 17.0 Å². The van der Waals surface area contributed by atoms with Gasteiger partial charge in [-0.15, -0.1) is 0 Å². The molecule has 1 aromatic carbocycles. The van der Waals surface area contributed by atoms with Crippen LogP contribution in [0, 0.1) is 6.92 Å². The quantitative estimate of drug-likeness (QED) is 0.198. The molecule has 45 heavy (non-hydrogen) atoms. The molecule has 4 N–H and O–H groups in total. The topological polar surface area (TPSA) is 221 Å². The Labute approximate surface area is 255 Å². The summed E-state index contributed by atoms with van der Waals surface area (Å²) in [5.74, 6) is 0.241. The van der Waals surface area contributed by atoms with E-state index in [4.69, 9.17) is 29.0 Å². The molecule has 0 aliphatic carbocycles. The molecule has 0 bridgehead atoms. The number of aromatic amines is 1. The number of anilines is 1. The van der Waals surface area contributed by atoms with Crippen LogP contribution in [-0.2, 0) is 34.4 Å². The van der Waals surface area contributed by atoms with Crippen molar-refractivity contribution in [1.29, 1.82) is 0 Å². The number of ether oxygens (including phenoxy) is 3. The summed E-state index contributed by atoms with van der Waals surface area (Å²) in [5, 5.41) is 0. The van der Waals surface area contributed by atoms with E-state index in [1.165, 1.54) is 17.2 Å². The number of rotatable bonds is 11. The van der Waals surface area contributed by atoms with E-state index in [9.17, 15) is 19.0 Å². The number of fused-ring (bicyclic) bond motifs is 1. The number of H-pyrrole nitrogens is 1. The van der Waals surface area contributed by atoms with Crippen molar-refractivity contribution in [2.24, 2.45) is 0 Å². The molecule has 0 amide bonds. The molecular formula is C27H33N8O9P. The highest BCUT2D eigenvalue weighted by atomic mass is 31.2. The van der Waals surface area contributed by atoms with Crippen LogP contribution in [0.3, 0.4) is 0 Å². The first-order valence-electron chi connectivity index (χ1n) is 14.4. The number of benzene rings is 1. The molecule has 7 atom stereocenters. The lowest BCUT2D eigenvalue weighted by Gasteiger charge is -2.23. The minimum absolute atomic E-state index is 0.157.